The molecule has 0 aliphatic heterocycles. The standard InChI is InChI=1S/C69H101N23O15/c1-90(45-49-43-78-62-58(81-49)60(70)85-68(72)87-62)51-15-11-47(12-16-51)64(96)83-53(66(98)100-3)19-21-55(93)75-24-7-5-9-28-92(30-34-105-38-36-103-32-26-77-57(95)23-31-102-35-39-106-41-42-107-40-37-104-33-27-80-89-74)29-10-6-8-25-76-56(94)22-20-54(67(99)101-4)84-65(97)48-13-17-52(18-14-48)91(2)46-50-44-79-63-59(82-50)61(71)86-69(73)88-63/h11-18,43-44,53-54H,5-10,19-42,45-46H2,1-4H3,(H,75,93)(H,76,94)(H,77,95)(H,83,96)(H,84,97)(H4,70,72,78,85,87)(H4,71,73,79,86,88)/t53-,54+. The summed E-state index contributed by atoms with van der Waals surface area (Å²) in [6.45, 7) is 8.59. The van der Waals surface area contributed by atoms with E-state index < -0.39 is 35.8 Å². The number of anilines is 6. The Morgan fingerprint density at radius 2 is 0.879 bits per heavy atom. The van der Waals surface area contributed by atoms with Gasteiger partial charge in [0, 0.05) is 93.5 Å². The van der Waals surface area contributed by atoms with Gasteiger partial charge in [0.1, 0.15) is 12.1 Å². The van der Waals surface area contributed by atoms with Crippen molar-refractivity contribution in [2.24, 2.45) is 5.11 Å². The zero-order chi connectivity index (χ0) is 77.0. The number of ether oxygens (including phenoxy) is 8. The van der Waals surface area contributed by atoms with Crippen LogP contribution < -0.4 is 59.3 Å². The van der Waals surface area contributed by atoms with Crippen LogP contribution in [0.1, 0.15) is 103 Å². The number of rotatable bonds is 54. The maximum Gasteiger partial charge on any atom is 0.328 e. The highest BCUT2D eigenvalue weighted by Crippen LogP contribution is 2.22. The van der Waals surface area contributed by atoms with Crippen LogP contribution in [-0.2, 0) is 75.0 Å². The van der Waals surface area contributed by atoms with E-state index in [1.165, 1.54) is 14.2 Å². The van der Waals surface area contributed by atoms with Gasteiger partial charge in [0.25, 0.3) is 11.8 Å². The molecule has 0 saturated carbocycles. The molecule has 0 fully saturated rings. The van der Waals surface area contributed by atoms with Crippen molar-refractivity contribution in [1.82, 2.24) is 71.4 Å². The number of fused-ring (bicyclic) bond motifs is 2. The SMILES string of the molecule is COC(=O)[C@H](CCC(=O)NCCCCCN(CCCCCNC(=O)CC[C@@H](NC(=O)c1ccc(N(C)Cc2cnc3nc(N)nc(N)c3n2)cc1)C(=O)OC)CCOCCOCCNC(=O)CCOCCOCCOCCOCCN=[N+]=[N-])NC(=O)c1ccc(N(C)Cc2cnc3nc(N)nc(N)c3n2)cc1. The number of benzene rings is 2. The molecule has 0 radical (unpaired) electrons. The Morgan fingerprint density at radius 1 is 0.477 bits per heavy atom. The van der Waals surface area contributed by atoms with E-state index in [-0.39, 0.29) is 97.8 Å². The molecule has 4 heterocycles. The lowest BCUT2D eigenvalue weighted by molar-refractivity contribution is -0.144. The molecule has 6 aromatic rings. The summed E-state index contributed by atoms with van der Waals surface area (Å²) >= 11 is 0. The largest absolute Gasteiger partial charge is 0.467 e. The van der Waals surface area contributed by atoms with E-state index in [0.717, 1.165) is 50.1 Å². The van der Waals surface area contributed by atoms with Gasteiger partial charge in [0.15, 0.2) is 34.0 Å². The molecule has 13 N–H and O–H groups in total. The molecular weight excluding hydrogens is 1390 g/mol. The molecule has 38 nitrogen and oxygen atoms in total. The summed E-state index contributed by atoms with van der Waals surface area (Å²) in [5.41, 5.74) is 36.2. The van der Waals surface area contributed by atoms with E-state index in [0.29, 0.717) is 158 Å². The molecule has 0 unspecified atom stereocenters. The zero-order valence-corrected chi connectivity index (χ0v) is 61.2. The fourth-order valence-electron chi connectivity index (χ4n) is 10.5. The molecule has 6 rings (SSSR count). The summed E-state index contributed by atoms with van der Waals surface area (Å²) in [5, 5.41) is 17.5. The summed E-state index contributed by atoms with van der Waals surface area (Å²) in [6, 6.07) is 11.3. The lowest BCUT2D eigenvalue weighted by atomic mass is 10.1. The Bertz CT molecular complexity index is 3600. The molecule has 0 bridgehead atoms. The van der Waals surface area contributed by atoms with Gasteiger partial charge in [-0.2, -0.15) is 19.9 Å². The zero-order valence-electron chi connectivity index (χ0n) is 61.2. The Balaban J connectivity index is 0.869. The van der Waals surface area contributed by atoms with Gasteiger partial charge in [0.05, 0.1) is 130 Å². The molecular formula is C69H101N23O15. The predicted molar refractivity (Wildman–Crippen MR) is 397 cm³/mol. The minimum Gasteiger partial charge on any atom is -0.467 e. The van der Waals surface area contributed by atoms with Crippen LogP contribution in [0.25, 0.3) is 32.8 Å². The predicted octanol–water partition coefficient (Wildman–Crippen LogP) is 2.35. The second-order valence-electron chi connectivity index (χ2n) is 24.4. The number of amides is 5. The number of carbonyl (C=O) groups excluding carboxylic acids is 7. The van der Waals surface area contributed by atoms with Crippen LogP contribution in [0, 0.1) is 0 Å². The Kier molecular flexibility index (Phi) is 38.7. The van der Waals surface area contributed by atoms with Crippen molar-refractivity contribution in [2.75, 3.05) is 186 Å². The molecule has 38 heteroatoms. The number of hydrogen-bond acceptors (Lipinski definition) is 31. The minimum absolute atomic E-state index is 0.00108. The van der Waals surface area contributed by atoms with Gasteiger partial charge in [-0.15, -0.1) is 0 Å². The highest BCUT2D eigenvalue weighted by atomic mass is 16.6. The van der Waals surface area contributed by atoms with Crippen LogP contribution in [-0.4, -0.2) is 252 Å². The van der Waals surface area contributed by atoms with Gasteiger partial charge in [-0.1, -0.05) is 18.0 Å². The molecule has 107 heavy (non-hydrogen) atoms. The Hall–Kier alpha value is -10.6. The lowest BCUT2D eigenvalue weighted by Gasteiger charge is -2.22. The van der Waals surface area contributed by atoms with Gasteiger partial charge >= 0.3 is 11.9 Å². The number of esters is 2. The first-order valence-corrected chi connectivity index (χ1v) is 35.3. The summed E-state index contributed by atoms with van der Waals surface area (Å²) in [5.74, 6) is -2.88. The number of methoxy groups -OCH3 is 2. The van der Waals surface area contributed by atoms with Crippen molar-refractivity contribution in [3.63, 3.8) is 0 Å². The number of carbonyl (C=O) groups is 7. The van der Waals surface area contributed by atoms with Crippen LogP contribution in [0.5, 0.6) is 0 Å². The first-order valence-electron chi connectivity index (χ1n) is 35.3. The highest BCUT2D eigenvalue weighted by molar-refractivity contribution is 5.98. The summed E-state index contributed by atoms with van der Waals surface area (Å²) < 4.78 is 43.2. The van der Waals surface area contributed by atoms with E-state index >= 15 is 0 Å². The van der Waals surface area contributed by atoms with E-state index in [1.54, 1.807) is 60.9 Å². The number of nitrogens with zero attached hydrogens (tertiary/aromatic N) is 14. The molecule has 5 amide bonds. The third-order valence-electron chi connectivity index (χ3n) is 16.3. The number of aromatic nitrogens is 8. The monoisotopic (exact) mass is 1490 g/mol. The third kappa shape index (κ3) is 32.3. The molecule has 2 atom stereocenters. The van der Waals surface area contributed by atoms with Crippen LogP contribution in [0.3, 0.4) is 0 Å². The maximum atomic E-state index is 13.4. The number of nitrogens with one attached hydrogen (secondary N) is 5. The molecule has 582 valence electrons. The lowest BCUT2D eigenvalue weighted by Crippen LogP contribution is -2.42. The average molecular weight is 1490 g/mol. The first kappa shape index (κ1) is 85.3. The topological polar surface area (TPSA) is 519 Å². The van der Waals surface area contributed by atoms with Crippen LogP contribution in [0.2, 0.25) is 0 Å². The molecule has 0 aliphatic carbocycles. The quantitative estimate of drug-likeness (QED) is 0.00870. The number of nitrogen functional groups attached to an aromatic ring is 4. The normalized spacial score (nSPS) is 11.7. The molecule has 0 aliphatic rings. The van der Waals surface area contributed by atoms with E-state index in [4.69, 9.17) is 66.4 Å². The van der Waals surface area contributed by atoms with Crippen molar-refractivity contribution in [1.29, 1.82) is 0 Å². The van der Waals surface area contributed by atoms with Crippen LogP contribution >= 0.6 is 0 Å². The van der Waals surface area contributed by atoms with Gasteiger partial charge in [-0.3, -0.25) is 24.0 Å². The average Bonchev–Trinajstić information content (AvgIpc) is 0.822. The number of hydrogen-bond donors (Lipinski definition) is 9. The second kappa shape index (κ2) is 48.5. The van der Waals surface area contributed by atoms with E-state index in [2.05, 4.69) is 81.4 Å². The molecule has 0 saturated heterocycles. The van der Waals surface area contributed by atoms with Crippen molar-refractivity contribution in [3.05, 3.63) is 93.9 Å². The van der Waals surface area contributed by atoms with Crippen LogP contribution in [0.15, 0.2) is 66.0 Å². The number of unbranched alkanes of at least 4 members (excludes halogenated alkanes) is 4. The van der Waals surface area contributed by atoms with Crippen molar-refractivity contribution >= 4 is 98.7 Å². The van der Waals surface area contributed by atoms with E-state index in [9.17, 15) is 33.6 Å². The van der Waals surface area contributed by atoms with Crippen LogP contribution in [0.4, 0.5) is 34.9 Å². The van der Waals surface area contributed by atoms with Gasteiger partial charge in [-0.25, -0.2) is 29.5 Å². The second-order valence-corrected chi connectivity index (χ2v) is 24.4. The third-order valence-corrected chi connectivity index (χ3v) is 16.3. The Morgan fingerprint density at radius 3 is 1.32 bits per heavy atom. The molecule has 4 aromatic heterocycles. The van der Waals surface area contributed by atoms with Crippen molar-refractivity contribution in [2.45, 2.75) is 95.8 Å². The Labute approximate surface area is 620 Å². The summed E-state index contributed by atoms with van der Waals surface area (Å²) in [6.07, 6.45) is 7.97. The summed E-state index contributed by atoms with van der Waals surface area (Å²) in [4.78, 5) is 133. The first-order chi connectivity index (χ1) is 51.8. The summed E-state index contributed by atoms with van der Waals surface area (Å²) in [7, 11) is 6.12. The molecule has 2 aromatic carbocycles. The van der Waals surface area contributed by atoms with Crippen molar-refractivity contribution < 1.29 is 71.5 Å². The number of azide groups is 1. The van der Waals surface area contributed by atoms with Crippen molar-refractivity contribution in [3.8, 4) is 0 Å². The maximum absolute atomic E-state index is 13.4. The van der Waals surface area contributed by atoms with E-state index in [1.807, 2.05) is 23.9 Å². The number of nitrogens with two attached hydrogens (primary N) is 4. The van der Waals surface area contributed by atoms with Gasteiger partial charge in [-0.05, 0) is 106 Å². The highest BCUT2D eigenvalue weighted by Gasteiger charge is 2.26. The smallest absolute Gasteiger partial charge is 0.328 e. The fourth-order valence-corrected chi connectivity index (χ4v) is 10.5. The molecule has 0 spiro atoms. The fraction of sp³-hybridized carbons (Fsp3) is 0.551. The van der Waals surface area contributed by atoms with Gasteiger partial charge < -0.3 is 102 Å². The minimum atomic E-state index is -1.07. The van der Waals surface area contributed by atoms with Gasteiger partial charge in [0.2, 0.25) is 29.6 Å².